The van der Waals surface area contributed by atoms with Gasteiger partial charge in [0, 0.05) is 30.4 Å². The molecule has 0 aliphatic carbocycles. The van der Waals surface area contributed by atoms with Gasteiger partial charge in [-0.15, -0.1) is 0 Å². The van der Waals surface area contributed by atoms with Gasteiger partial charge < -0.3 is 10.2 Å². The minimum absolute atomic E-state index is 0.0520. The minimum Gasteiger partial charge on any atom is -0.354 e. The quantitative estimate of drug-likeness (QED) is 0.679. The first kappa shape index (κ1) is 20.2. The summed E-state index contributed by atoms with van der Waals surface area (Å²) >= 11 is 3.02. The van der Waals surface area contributed by atoms with Crippen LogP contribution in [0.1, 0.15) is 25.7 Å². The molecule has 5 nitrogen and oxygen atoms in total. The second kappa shape index (κ2) is 11.3. The first-order valence-electron chi connectivity index (χ1n) is 9.47. The van der Waals surface area contributed by atoms with Crippen LogP contribution in [0.3, 0.4) is 0 Å². The Balaban J connectivity index is 1.43. The lowest BCUT2D eigenvalue weighted by Crippen LogP contribution is -2.36. The highest BCUT2D eigenvalue weighted by Crippen LogP contribution is 2.32. The number of hydrogen-bond acceptors (Lipinski definition) is 6. The Morgan fingerprint density at radius 1 is 1.00 bits per heavy atom. The van der Waals surface area contributed by atoms with Crippen LogP contribution in [0.25, 0.3) is 0 Å². The van der Waals surface area contributed by atoms with Crippen LogP contribution in [0.5, 0.6) is 0 Å². The van der Waals surface area contributed by atoms with Crippen molar-refractivity contribution in [2.24, 2.45) is 0 Å². The van der Waals surface area contributed by atoms with E-state index in [1.165, 1.54) is 37.4 Å². The van der Waals surface area contributed by atoms with E-state index in [0.29, 0.717) is 12.3 Å². The predicted molar refractivity (Wildman–Crippen MR) is 111 cm³/mol. The van der Waals surface area contributed by atoms with Crippen molar-refractivity contribution in [2.45, 2.75) is 40.6 Å². The van der Waals surface area contributed by atoms with E-state index in [-0.39, 0.29) is 5.91 Å². The summed E-state index contributed by atoms with van der Waals surface area (Å²) in [7, 11) is 0. The molecule has 144 valence electrons. The van der Waals surface area contributed by atoms with Gasteiger partial charge in [-0.25, -0.2) is 9.97 Å². The van der Waals surface area contributed by atoms with Crippen molar-refractivity contribution in [3.05, 3.63) is 42.7 Å². The Labute approximate surface area is 169 Å². The van der Waals surface area contributed by atoms with Crippen LogP contribution in [-0.4, -0.2) is 52.7 Å². The molecule has 0 saturated carbocycles. The molecule has 0 unspecified atom stereocenters. The van der Waals surface area contributed by atoms with E-state index < -0.39 is 0 Å². The zero-order valence-electron chi connectivity index (χ0n) is 15.5. The molecular formula is C20H26N4OS2. The van der Waals surface area contributed by atoms with Crippen molar-refractivity contribution in [3.63, 3.8) is 0 Å². The van der Waals surface area contributed by atoms with Crippen LogP contribution in [-0.2, 0) is 4.79 Å². The molecule has 2 aromatic rings. The van der Waals surface area contributed by atoms with E-state index in [4.69, 9.17) is 0 Å². The highest BCUT2D eigenvalue weighted by molar-refractivity contribution is 8.02. The van der Waals surface area contributed by atoms with Crippen molar-refractivity contribution in [1.82, 2.24) is 20.2 Å². The average Bonchev–Trinajstić information content (AvgIpc) is 2.97. The molecule has 27 heavy (non-hydrogen) atoms. The third-order valence-electron chi connectivity index (χ3n) is 4.38. The number of rotatable bonds is 8. The zero-order chi connectivity index (χ0) is 18.7. The lowest BCUT2D eigenvalue weighted by Gasteiger charge is -2.19. The van der Waals surface area contributed by atoms with Gasteiger partial charge in [0.15, 0.2) is 0 Å². The molecule has 1 aliphatic heterocycles. The molecular weight excluding hydrogens is 376 g/mol. The summed E-state index contributed by atoms with van der Waals surface area (Å²) < 4.78 is 0. The van der Waals surface area contributed by atoms with Gasteiger partial charge in [0.1, 0.15) is 10.1 Å². The molecule has 0 atom stereocenters. The number of amides is 1. The summed E-state index contributed by atoms with van der Waals surface area (Å²) in [5.41, 5.74) is 0. The van der Waals surface area contributed by atoms with Gasteiger partial charge >= 0.3 is 0 Å². The van der Waals surface area contributed by atoms with Crippen LogP contribution in [0.15, 0.2) is 57.7 Å². The fourth-order valence-electron chi connectivity index (χ4n) is 2.98. The molecule has 0 bridgehead atoms. The van der Waals surface area contributed by atoms with Crippen LogP contribution >= 0.6 is 23.5 Å². The van der Waals surface area contributed by atoms with Gasteiger partial charge in [0.25, 0.3) is 0 Å². The Morgan fingerprint density at radius 3 is 2.44 bits per heavy atom. The fourth-order valence-corrected chi connectivity index (χ4v) is 4.73. The van der Waals surface area contributed by atoms with Crippen molar-refractivity contribution < 1.29 is 4.79 Å². The summed E-state index contributed by atoms with van der Waals surface area (Å²) in [4.78, 5) is 24.6. The Kier molecular flexibility index (Phi) is 8.45. The Hall–Kier alpha value is -1.57. The monoisotopic (exact) mass is 402 g/mol. The standard InChI is InChI=1S/C20H26N4OS2/c25-18(21-12-15-24-13-6-1-2-7-14-24)16-26-19-20(23-11-10-22-19)27-17-8-4-3-5-9-17/h3-5,8-11H,1-2,6-7,12-16H2,(H,21,25). The molecule has 3 rings (SSSR count). The van der Waals surface area contributed by atoms with Gasteiger partial charge in [-0.3, -0.25) is 4.79 Å². The van der Waals surface area contributed by atoms with E-state index in [9.17, 15) is 4.79 Å². The van der Waals surface area contributed by atoms with E-state index in [2.05, 4.69) is 20.2 Å². The number of nitrogens with one attached hydrogen (secondary N) is 1. The molecule has 2 heterocycles. The number of thioether (sulfide) groups is 1. The van der Waals surface area contributed by atoms with Gasteiger partial charge in [0.05, 0.1) is 5.75 Å². The van der Waals surface area contributed by atoms with Gasteiger partial charge in [0.2, 0.25) is 5.91 Å². The SMILES string of the molecule is O=C(CSc1nccnc1Sc1ccccc1)NCCN1CCCCCC1. The summed E-state index contributed by atoms with van der Waals surface area (Å²) in [6.07, 6.45) is 8.59. The number of likely N-dealkylation sites (tertiary alicyclic amines) is 1. The smallest absolute Gasteiger partial charge is 0.230 e. The number of nitrogens with zero attached hydrogens (tertiary/aromatic N) is 3. The number of carbonyl (C=O) groups excluding carboxylic acids is 1. The third-order valence-corrected chi connectivity index (χ3v) is 6.49. The molecule has 1 aromatic carbocycles. The molecule has 1 saturated heterocycles. The number of aromatic nitrogens is 2. The summed E-state index contributed by atoms with van der Waals surface area (Å²) in [6.45, 7) is 3.97. The largest absolute Gasteiger partial charge is 0.354 e. The highest BCUT2D eigenvalue weighted by atomic mass is 32.2. The van der Waals surface area contributed by atoms with Gasteiger partial charge in [-0.1, -0.05) is 54.6 Å². The van der Waals surface area contributed by atoms with Crippen molar-refractivity contribution in [1.29, 1.82) is 0 Å². The molecule has 0 radical (unpaired) electrons. The molecule has 7 heteroatoms. The van der Waals surface area contributed by atoms with Crippen molar-refractivity contribution in [3.8, 4) is 0 Å². The van der Waals surface area contributed by atoms with Gasteiger partial charge in [-0.05, 0) is 38.1 Å². The first-order valence-corrected chi connectivity index (χ1v) is 11.3. The average molecular weight is 403 g/mol. The summed E-state index contributed by atoms with van der Waals surface area (Å²) in [5, 5.41) is 4.67. The molecule has 0 spiro atoms. The second-order valence-electron chi connectivity index (χ2n) is 6.48. The van der Waals surface area contributed by atoms with Crippen LogP contribution in [0.2, 0.25) is 0 Å². The van der Waals surface area contributed by atoms with Gasteiger partial charge in [-0.2, -0.15) is 0 Å². The van der Waals surface area contributed by atoms with E-state index >= 15 is 0 Å². The minimum atomic E-state index is 0.0520. The Bertz CT molecular complexity index is 706. The zero-order valence-corrected chi connectivity index (χ0v) is 17.1. The fraction of sp³-hybridized carbons (Fsp3) is 0.450. The molecule has 1 aromatic heterocycles. The van der Waals surface area contributed by atoms with E-state index in [0.717, 1.165) is 34.6 Å². The lowest BCUT2D eigenvalue weighted by molar-refractivity contribution is -0.118. The lowest BCUT2D eigenvalue weighted by atomic mass is 10.2. The van der Waals surface area contributed by atoms with Crippen LogP contribution < -0.4 is 5.32 Å². The maximum Gasteiger partial charge on any atom is 0.230 e. The first-order chi connectivity index (χ1) is 13.3. The number of benzene rings is 1. The van der Waals surface area contributed by atoms with E-state index in [1.807, 2.05) is 30.3 Å². The maximum absolute atomic E-state index is 12.2. The normalized spacial score (nSPS) is 15.3. The molecule has 1 amide bonds. The van der Waals surface area contributed by atoms with Crippen LogP contribution in [0, 0.1) is 0 Å². The van der Waals surface area contributed by atoms with E-state index in [1.54, 1.807) is 24.2 Å². The topological polar surface area (TPSA) is 58.1 Å². The number of hydrogen-bond donors (Lipinski definition) is 1. The molecule has 1 N–H and O–H groups in total. The number of carbonyl (C=O) groups is 1. The second-order valence-corrected chi connectivity index (χ2v) is 8.50. The predicted octanol–water partition coefficient (Wildman–Crippen LogP) is 3.71. The van der Waals surface area contributed by atoms with Crippen LogP contribution in [0.4, 0.5) is 0 Å². The van der Waals surface area contributed by atoms with Crippen molar-refractivity contribution >= 4 is 29.4 Å². The van der Waals surface area contributed by atoms with Crippen molar-refractivity contribution in [2.75, 3.05) is 31.9 Å². The maximum atomic E-state index is 12.2. The molecule has 1 aliphatic rings. The molecule has 1 fully saturated rings. The summed E-state index contributed by atoms with van der Waals surface area (Å²) in [5.74, 6) is 0.414. The Morgan fingerprint density at radius 2 is 1.70 bits per heavy atom. The third kappa shape index (κ3) is 7.16. The highest BCUT2D eigenvalue weighted by Gasteiger charge is 2.12. The summed E-state index contributed by atoms with van der Waals surface area (Å²) in [6, 6.07) is 10.1.